The second kappa shape index (κ2) is 11.3. The number of nitrogens with zero attached hydrogens (tertiary/aromatic N) is 2. The average Bonchev–Trinajstić information content (AvgIpc) is 3.91. The Morgan fingerprint density at radius 1 is 1.09 bits per heavy atom. The third-order valence-corrected chi connectivity index (χ3v) is 8.45. The van der Waals surface area contributed by atoms with Gasteiger partial charge in [-0.05, 0) is 68.0 Å². The minimum atomic E-state index is -5.02. The number of rotatable bonds is 7. The van der Waals surface area contributed by atoms with E-state index in [9.17, 15) is 36.7 Å². The summed E-state index contributed by atoms with van der Waals surface area (Å²) in [7, 11) is 1.20. The van der Waals surface area contributed by atoms with Crippen LogP contribution in [0.3, 0.4) is 0 Å². The van der Waals surface area contributed by atoms with Crippen molar-refractivity contribution in [2.24, 2.45) is 16.5 Å². The highest BCUT2D eigenvalue weighted by atomic mass is 35.5. The Bertz CT molecular complexity index is 1580. The van der Waals surface area contributed by atoms with Crippen LogP contribution in [-0.4, -0.2) is 54.4 Å². The minimum Gasteiger partial charge on any atom is -0.468 e. The van der Waals surface area contributed by atoms with E-state index in [1.807, 2.05) is 0 Å². The zero-order chi connectivity index (χ0) is 32.2. The zero-order valence-corrected chi connectivity index (χ0v) is 24.7. The first-order valence-electron chi connectivity index (χ1n) is 13.4. The summed E-state index contributed by atoms with van der Waals surface area (Å²) in [4.78, 5) is 56.8. The number of methoxy groups -OCH3 is 1. The molecule has 1 heterocycles. The lowest BCUT2D eigenvalue weighted by molar-refractivity contribution is -0.275. The number of hydrogen-bond acceptors (Lipinski definition) is 8. The number of hydrogen-bond donors (Lipinski definition) is 0. The van der Waals surface area contributed by atoms with Crippen molar-refractivity contribution in [3.05, 3.63) is 68.4 Å². The second-order valence-corrected chi connectivity index (χ2v) is 11.8. The Hall–Kier alpha value is -3.71. The number of alkyl halides is 3. The summed E-state index contributed by atoms with van der Waals surface area (Å²) in [5.41, 5.74) is -4.47. The quantitative estimate of drug-likeness (QED) is 0.145. The molecule has 0 bridgehead atoms. The Morgan fingerprint density at radius 2 is 1.73 bits per heavy atom. The second-order valence-electron chi connectivity index (χ2n) is 11.0. The van der Waals surface area contributed by atoms with Gasteiger partial charge in [0.1, 0.15) is 12.0 Å². The summed E-state index contributed by atoms with van der Waals surface area (Å²) < 4.78 is 67.1. The summed E-state index contributed by atoms with van der Waals surface area (Å²) in [5, 5.41) is 2.39. The lowest BCUT2D eigenvalue weighted by Gasteiger charge is -2.29. The molecule has 5 rings (SSSR count). The number of halogens is 6. The van der Waals surface area contributed by atoms with E-state index in [0.717, 1.165) is 12.1 Å². The van der Waals surface area contributed by atoms with E-state index in [4.69, 9.17) is 37.5 Å². The molecule has 1 atom stereocenters. The van der Waals surface area contributed by atoms with E-state index in [0.29, 0.717) is 30.6 Å². The van der Waals surface area contributed by atoms with Crippen molar-refractivity contribution >= 4 is 52.8 Å². The van der Waals surface area contributed by atoms with E-state index in [2.05, 4.69) is 5.16 Å². The molecule has 44 heavy (non-hydrogen) atoms. The number of ether oxygens (including phenoxy) is 2. The van der Waals surface area contributed by atoms with Gasteiger partial charge < -0.3 is 14.3 Å². The molecular weight excluding hydrogens is 635 g/mol. The number of esters is 1. The topological polar surface area (TPSA) is 112 Å². The van der Waals surface area contributed by atoms with Crippen LogP contribution < -0.4 is 0 Å². The summed E-state index contributed by atoms with van der Waals surface area (Å²) in [6.45, 7) is 1.09. The molecule has 15 heteroatoms. The van der Waals surface area contributed by atoms with E-state index in [1.165, 1.54) is 32.2 Å². The number of oxime groups is 1. The first-order chi connectivity index (χ1) is 20.6. The molecule has 2 fully saturated rings. The standard InChI is InChI=1S/C29H24Cl2F4N2O7/c1-14-9-16(21-12-28(44-36-21,29(33,34)35)17-10-19(30)22(32)20(31)11-17)5-6-18(14)24(39)37(23(38)15-3-4-15)26(41)43-13-27(7-8-27)25(40)42-2/h5-6,9-11,15H,3-4,7-8,12-13H2,1-2H3. The number of amides is 3. The molecule has 234 valence electrons. The van der Waals surface area contributed by atoms with Crippen molar-refractivity contribution in [2.45, 2.75) is 50.8 Å². The van der Waals surface area contributed by atoms with Crippen LogP contribution in [0.15, 0.2) is 35.5 Å². The molecule has 2 aliphatic carbocycles. The predicted octanol–water partition coefficient (Wildman–Crippen LogP) is 6.49. The minimum absolute atomic E-state index is 0.0903. The van der Waals surface area contributed by atoms with Gasteiger partial charge in [0.2, 0.25) is 5.91 Å². The van der Waals surface area contributed by atoms with Gasteiger partial charge in [0, 0.05) is 23.5 Å². The highest BCUT2D eigenvalue weighted by molar-refractivity contribution is 6.35. The average molecular weight is 659 g/mol. The summed E-state index contributed by atoms with van der Waals surface area (Å²) in [5.74, 6) is -3.95. The fraction of sp³-hybridized carbons (Fsp3) is 0.414. The molecule has 2 saturated carbocycles. The first kappa shape index (κ1) is 31.7. The lowest BCUT2D eigenvalue weighted by atomic mass is 9.86. The van der Waals surface area contributed by atoms with Gasteiger partial charge in [-0.15, -0.1) is 0 Å². The normalized spacial score (nSPS) is 20.3. The molecule has 3 amide bonds. The first-order valence-corrected chi connectivity index (χ1v) is 14.1. The Morgan fingerprint density at radius 3 is 2.25 bits per heavy atom. The molecule has 3 aliphatic rings. The molecule has 1 unspecified atom stereocenters. The van der Waals surface area contributed by atoms with Gasteiger partial charge in [0.05, 0.1) is 22.9 Å². The van der Waals surface area contributed by atoms with Crippen molar-refractivity contribution in [1.82, 2.24) is 4.90 Å². The highest BCUT2D eigenvalue weighted by Gasteiger charge is 2.62. The van der Waals surface area contributed by atoms with Crippen LogP contribution in [-0.2, 0) is 29.5 Å². The van der Waals surface area contributed by atoms with Crippen LogP contribution in [0, 0.1) is 24.1 Å². The van der Waals surface area contributed by atoms with Crippen LogP contribution in [0.4, 0.5) is 22.4 Å². The molecular formula is C29H24Cl2F4N2O7. The van der Waals surface area contributed by atoms with Gasteiger partial charge in [-0.1, -0.05) is 34.4 Å². The third kappa shape index (κ3) is 5.63. The molecule has 0 spiro atoms. The van der Waals surface area contributed by atoms with Crippen LogP contribution in [0.5, 0.6) is 0 Å². The number of benzene rings is 2. The van der Waals surface area contributed by atoms with Crippen molar-refractivity contribution in [3.63, 3.8) is 0 Å². The molecule has 0 aromatic heterocycles. The molecule has 2 aromatic rings. The summed E-state index contributed by atoms with van der Waals surface area (Å²) in [6.07, 6.45) is -5.31. The maximum atomic E-state index is 14.4. The maximum Gasteiger partial charge on any atom is 0.435 e. The Balaban J connectivity index is 1.38. The van der Waals surface area contributed by atoms with Gasteiger partial charge in [0.25, 0.3) is 11.5 Å². The third-order valence-electron chi connectivity index (χ3n) is 7.90. The van der Waals surface area contributed by atoms with Gasteiger partial charge >= 0.3 is 18.2 Å². The lowest BCUT2D eigenvalue weighted by Crippen LogP contribution is -2.44. The highest BCUT2D eigenvalue weighted by Crippen LogP contribution is 2.50. The van der Waals surface area contributed by atoms with Crippen molar-refractivity contribution in [3.8, 4) is 0 Å². The van der Waals surface area contributed by atoms with Crippen molar-refractivity contribution < 1.29 is 51.1 Å². The molecule has 2 aromatic carbocycles. The Kier molecular flexibility index (Phi) is 8.17. The van der Waals surface area contributed by atoms with E-state index in [1.54, 1.807) is 0 Å². The Labute approximate surface area is 258 Å². The van der Waals surface area contributed by atoms with Crippen molar-refractivity contribution in [1.29, 1.82) is 0 Å². The van der Waals surface area contributed by atoms with Gasteiger partial charge in [0.15, 0.2) is 5.82 Å². The van der Waals surface area contributed by atoms with Gasteiger partial charge in [-0.25, -0.2) is 9.18 Å². The fourth-order valence-electron chi connectivity index (χ4n) is 4.88. The predicted molar refractivity (Wildman–Crippen MR) is 147 cm³/mol. The van der Waals surface area contributed by atoms with E-state index >= 15 is 0 Å². The van der Waals surface area contributed by atoms with Gasteiger partial charge in [-0.2, -0.15) is 18.1 Å². The summed E-state index contributed by atoms with van der Waals surface area (Å²) >= 11 is 11.5. The molecule has 9 nitrogen and oxygen atoms in total. The van der Waals surface area contributed by atoms with Crippen LogP contribution in [0.2, 0.25) is 10.0 Å². The molecule has 1 aliphatic heterocycles. The zero-order valence-electron chi connectivity index (χ0n) is 23.2. The molecule has 0 radical (unpaired) electrons. The smallest absolute Gasteiger partial charge is 0.435 e. The van der Waals surface area contributed by atoms with Crippen LogP contribution >= 0.6 is 23.2 Å². The molecule has 0 N–H and O–H groups in total. The maximum absolute atomic E-state index is 14.4. The number of carbonyl (C=O) groups is 4. The SMILES string of the molecule is COC(=O)C1(COC(=O)N(C(=O)c2ccc(C3=NOC(c4cc(Cl)c(F)c(Cl)c4)(C(F)(F)F)C3)cc2C)C(=O)C2CC2)CC1. The van der Waals surface area contributed by atoms with E-state index in [-0.39, 0.29) is 29.0 Å². The van der Waals surface area contributed by atoms with Crippen LogP contribution in [0.1, 0.15) is 59.2 Å². The number of carbonyl (C=O) groups excluding carboxylic acids is 4. The molecule has 0 saturated heterocycles. The van der Waals surface area contributed by atoms with Gasteiger partial charge in [-0.3, -0.25) is 14.4 Å². The van der Waals surface area contributed by atoms with Crippen molar-refractivity contribution in [2.75, 3.05) is 13.7 Å². The van der Waals surface area contributed by atoms with Crippen LogP contribution in [0.25, 0.3) is 0 Å². The monoisotopic (exact) mass is 658 g/mol. The fourth-order valence-corrected chi connectivity index (χ4v) is 5.36. The van der Waals surface area contributed by atoms with E-state index < -0.39 is 74.8 Å². The largest absolute Gasteiger partial charge is 0.468 e. The number of imide groups is 3. The number of aryl methyl sites for hydroxylation is 1. The summed E-state index contributed by atoms with van der Waals surface area (Å²) in [6, 6.07) is 5.42.